The summed E-state index contributed by atoms with van der Waals surface area (Å²) in [6.07, 6.45) is -1.90. The van der Waals surface area contributed by atoms with Gasteiger partial charge in [-0.15, -0.1) is 0 Å². The van der Waals surface area contributed by atoms with E-state index < -0.39 is 33.5 Å². The lowest BCUT2D eigenvalue weighted by atomic mass is 10.0. The van der Waals surface area contributed by atoms with Gasteiger partial charge >= 0.3 is 0 Å². The van der Waals surface area contributed by atoms with Gasteiger partial charge in [0.15, 0.2) is 0 Å². The van der Waals surface area contributed by atoms with Crippen LogP contribution in [-0.2, 0) is 20.6 Å². The number of alkyl halides is 2. The summed E-state index contributed by atoms with van der Waals surface area (Å²) in [5.74, 6) is 0.273. The Balaban J connectivity index is 1.81. The largest absolute Gasteiger partial charge is 0.381 e. The van der Waals surface area contributed by atoms with Crippen LogP contribution in [0.15, 0.2) is 28.5 Å². The van der Waals surface area contributed by atoms with Crippen molar-refractivity contribution in [3.63, 3.8) is 0 Å². The first-order valence-corrected chi connectivity index (χ1v) is 10.4. The van der Waals surface area contributed by atoms with Crippen LogP contribution >= 0.6 is 0 Å². The fourth-order valence-corrected chi connectivity index (χ4v) is 5.80. The molecule has 2 aliphatic rings. The monoisotopic (exact) mass is 361 g/mol. The van der Waals surface area contributed by atoms with E-state index in [1.54, 1.807) is 18.2 Å². The summed E-state index contributed by atoms with van der Waals surface area (Å²) >= 11 is 0. The van der Waals surface area contributed by atoms with E-state index in [0.29, 0.717) is 34.6 Å². The van der Waals surface area contributed by atoms with Gasteiger partial charge in [-0.2, -0.15) is 0 Å². The maximum atomic E-state index is 12.6. The third kappa shape index (κ3) is 3.63. The van der Waals surface area contributed by atoms with E-state index in [9.17, 15) is 21.4 Å². The number of rotatable bonds is 4. The van der Waals surface area contributed by atoms with Crippen molar-refractivity contribution in [3.05, 3.63) is 29.2 Å². The predicted molar refractivity (Wildman–Crippen MR) is 86.7 cm³/mol. The number of halogens is 2. The fraction of sp³-hybridized carbons (Fsp3) is 0.467. The van der Waals surface area contributed by atoms with Crippen molar-refractivity contribution in [1.29, 1.82) is 0 Å². The van der Waals surface area contributed by atoms with Crippen LogP contribution in [0.25, 0.3) is 5.57 Å². The number of sulfone groups is 1. The van der Waals surface area contributed by atoms with Gasteiger partial charge in [0.05, 0.1) is 32.9 Å². The molecule has 1 N–H and O–H groups in total. The summed E-state index contributed by atoms with van der Waals surface area (Å²) < 4.78 is 60.5. The highest BCUT2D eigenvalue weighted by Gasteiger charge is 2.28. The lowest BCUT2D eigenvalue weighted by Gasteiger charge is -2.25. The Bertz CT molecular complexity index is 761. The molecule has 0 aromatic heterocycles. The number of allylic oxidation sites excluding steroid dienone is 1. The first-order valence-electron chi connectivity index (χ1n) is 7.35. The Kier molecular flexibility index (Phi) is 4.55. The molecule has 0 bridgehead atoms. The minimum atomic E-state index is -2.95. The van der Waals surface area contributed by atoms with Gasteiger partial charge in [-0.1, -0.05) is 12.1 Å². The number of hydrogen-bond acceptors (Lipinski definition) is 4. The summed E-state index contributed by atoms with van der Waals surface area (Å²) in [6.45, 7) is 0. The minimum Gasteiger partial charge on any atom is -0.381 e. The molecule has 1 unspecified atom stereocenters. The number of benzene rings is 1. The Hall–Kier alpha value is -1.28. The molecule has 1 saturated heterocycles. The van der Waals surface area contributed by atoms with Crippen LogP contribution in [0.3, 0.4) is 0 Å². The third-order valence-electron chi connectivity index (χ3n) is 4.10. The van der Waals surface area contributed by atoms with Crippen molar-refractivity contribution >= 4 is 31.9 Å². The van der Waals surface area contributed by atoms with Crippen molar-refractivity contribution in [1.82, 2.24) is 0 Å². The molecule has 126 valence electrons. The van der Waals surface area contributed by atoms with E-state index in [2.05, 4.69) is 5.32 Å². The first-order chi connectivity index (χ1) is 10.9. The van der Waals surface area contributed by atoms with Gasteiger partial charge in [0, 0.05) is 17.9 Å². The highest BCUT2D eigenvalue weighted by atomic mass is 32.2. The fourth-order valence-electron chi connectivity index (χ4n) is 2.95. The molecule has 1 aromatic rings. The summed E-state index contributed by atoms with van der Waals surface area (Å²) in [5, 5.41) is 4.63. The lowest BCUT2D eigenvalue weighted by Crippen LogP contribution is -2.32. The van der Waals surface area contributed by atoms with Gasteiger partial charge in [-0.3, -0.25) is 0 Å². The van der Waals surface area contributed by atoms with Crippen LogP contribution in [-0.4, -0.2) is 36.6 Å². The second kappa shape index (κ2) is 6.32. The van der Waals surface area contributed by atoms with E-state index in [0.717, 1.165) is 0 Å². The van der Waals surface area contributed by atoms with Crippen molar-refractivity contribution in [3.8, 4) is 0 Å². The zero-order valence-electron chi connectivity index (χ0n) is 12.3. The highest BCUT2D eigenvalue weighted by Crippen LogP contribution is 2.39. The second-order valence-corrected chi connectivity index (χ2v) is 9.33. The van der Waals surface area contributed by atoms with Gasteiger partial charge in [-0.05, 0) is 30.0 Å². The molecule has 0 radical (unpaired) electrons. The molecule has 2 heterocycles. The Morgan fingerprint density at radius 1 is 1.26 bits per heavy atom. The zero-order valence-corrected chi connectivity index (χ0v) is 13.9. The first kappa shape index (κ1) is 16.6. The van der Waals surface area contributed by atoms with Crippen LogP contribution in [0.1, 0.15) is 24.8 Å². The Morgan fingerprint density at radius 3 is 2.61 bits per heavy atom. The number of nitrogens with one attached hydrogen (secondary N) is 1. The van der Waals surface area contributed by atoms with E-state index >= 15 is 0 Å². The van der Waals surface area contributed by atoms with Gasteiger partial charge in [0.2, 0.25) is 6.43 Å². The quantitative estimate of drug-likeness (QED) is 0.896. The molecule has 1 fully saturated rings. The maximum Gasteiger partial charge on any atom is 0.242 e. The summed E-state index contributed by atoms with van der Waals surface area (Å²) in [6, 6.07) is 5.19. The van der Waals surface area contributed by atoms with E-state index in [4.69, 9.17) is 0 Å². The van der Waals surface area contributed by atoms with Crippen LogP contribution in [0.4, 0.5) is 14.5 Å². The molecular weight excluding hydrogens is 344 g/mol. The van der Waals surface area contributed by atoms with Crippen LogP contribution < -0.4 is 5.32 Å². The van der Waals surface area contributed by atoms with Crippen molar-refractivity contribution in [2.24, 2.45) is 0 Å². The van der Waals surface area contributed by atoms with Gasteiger partial charge < -0.3 is 5.32 Å². The highest BCUT2D eigenvalue weighted by molar-refractivity contribution is 7.91. The lowest BCUT2D eigenvalue weighted by molar-refractivity contribution is 0.155. The van der Waals surface area contributed by atoms with Crippen LogP contribution in [0.5, 0.6) is 0 Å². The van der Waals surface area contributed by atoms with Gasteiger partial charge in [0.25, 0.3) is 0 Å². The van der Waals surface area contributed by atoms with Crippen molar-refractivity contribution in [2.45, 2.75) is 36.6 Å². The minimum absolute atomic E-state index is 0.0128. The van der Waals surface area contributed by atoms with Crippen LogP contribution in [0, 0.1) is 0 Å². The van der Waals surface area contributed by atoms with E-state index in [1.165, 1.54) is 5.41 Å². The molecule has 0 aliphatic carbocycles. The normalized spacial score (nSPS) is 23.6. The smallest absolute Gasteiger partial charge is 0.242 e. The molecule has 0 amide bonds. The van der Waals surface area contributed by atoms with Crippen LogP contribution in [0.2, 0.25) is 0 Å². The predicted octanol–water partition coefficient (Wildman–Crippen LogP) is 2.79. The molecule has 2 aliphatic heterocycles. The second-order valence-electron chi connectivity index (χ2n) is 5.79. The Morgan fingerprint density at radius 2 is 1.96 bits per heavy atom. The molecule has 1 atom stereocenters. The van der Waals surface area contributed by atoms with Gasteiger partial charge in [0.1, 0.15) is 9.84 Å². The van der Waals surface area contributed by atoms with Crippen molar-refractivity contribution in [2.75, 3.05) is 16.8 Å². The number of hydrogen-bond donors (Lipinski definition) is 1. The zero-order chi connectivity index (χ0) is 16.6. The standard InChI is InChI=1S/C15H17F2NO3S2/c16-14(17)8-10-9-22(19)15-12(10)2-1-3-13(15)18-11-4-6-23(20,21)7-5-11/h1-3,9,11,14,18H,4-8H2. The molecule has 0 spiro atoms. The number of anilines is 1. The average molecular weight is 361 g/mol. The molecular formula is C15H17F2NO3S2. The van der Waals surface area contributed by atoms with Gasteiger partial charge in [-0.25, -0.2) is 21.4 Å². The van der Waals surface area contributed by atoms with E-state index in [-0.39, 0.29) is 17.5 Å². The molecule has 23 heavy (non-hydrogen) atoms. The SMILES string of the molecule is O=S1C=C(CC(F)F)c2cccc(NC3CCS(=O)(=O)CC3)c21. The topological polar surface area (TPSA) is 63.2 Å². The molecule has 1 aromatic carbocycles. The number of fused-ring (bicyclic) bond motifs is 1. The molecule has 3 rings (SSSR count). The van der Waals surface area contributed by atoms with E-state index in [1.807, 2.05) is 0 Å². The maximum absolute atomic E-state index is 12.6. The molecule has 0 saturated carbocycles. The summed E-state index contributed by atoms with van der Waals surface area (Å²) in [5.41, 5.74) is 1.64. The third-order valence-corrected chi connectivity index (χ3v) is 7.16. The summed E-state index contributed by atoms with van der Waals surface area (Å²) in [7, 11) is -4.40. The van der Waals surface area contributed by atoms with Crippen molar-refractivity contribution < 1.29 is 21.4 Å². The Labute approximate surface area is 136 Å². The molecule has 8 heteroatoms. The molecule has 4 nitrogen and oxygen atoms in total. The average Bonchev–Trinajstić information content (AvgIpc) is 2.78. The summed E-state index contributed by atoms with van der Waals surface area (Å²) in [4.78, 5) is 0.525.